The predicted octanol–water partition coefficient (Wildman–Crippen LogP) is 4.20. The second kappa shape index (κ2) is 6.02. The van der Waals surface area contributed by atoms with Crippen molar-refractivity contribution in [2.24, 2.45) is 14.1 Å². The smallest absolute Gasteiger partial charge is 0.425 e. The molecule has 0 aliphatic carbocycles. The summed E-state index contributed by atoms with van der Waals surface area (Å²) in [6.07, 6.45) is 2.11. The fourth-order valence-electron chi connectivity index (χ4n) is 3.61. The van der Waals surface area contributed by atoms with Crippen molar-refractivity contribution >= 4 is 57.7 Å². The number of hydrogen-bond donors (Lipinski definition) is 0. The molecule has 1 aromatic rings. The van der Waals surface area contributed by atoms with Crippen LogP contribution in [-0.4, -0.2) is 30.8 Å². The molecule has 1 aromatic heterocycles. The van der Waals surface area contributed by atoms with Gasteiger partial charge in [0.1, 0.15) is 11.4 Å². The van der Waals surface area contributed by atoms with Crippen LogP contribution in [-0.2, 0) is 25.3 Å². The summed E-state index contributed by atoms with van der Waals surface area (Å²) in [6.45, 7) is 17.3. The van der Waals surface area contributed by atoms with Gasteiger partial charge in [-0.2, -0.15) is 20.1 Å². The molecule has 146 valence electrons. The van der Waals surface area contributed by atoms with E-state index in [0.29, 0.717) is 0 Å². The van der Waals surface area contributed by atoms with Gasteiger partial charge in [-0.25, -0.2) is 0 Å². The fraction of sp³-hybridized carbons (Fsp3) is 0.778. The molecule has 5 nitrogen and oxygen atoms in total. The second-order valence-electron chi connectivity index (χ2n) is 9.92. The molecule has 3 aliphatic heterocycles. The van der Waals surface area contributed by atoms with Crippen molar-refractivity contribution in [2.45, 2.75) is 84.9 Å². The van der Waals surface area contributed by atoms with Gasteiger partial charge in [0.25, 0.3) is 0 Å². The highest BCUT2D eigenvalue weighted by Gasteiger charge is 2.54. The predicted molar refractivity (Wildman–Crippen MR) is 115 cm³/mol. The zero-order chi connectivity index (χ0) is 19.8. The molecule has 3 aliphatic rings. The van der Waals surface area contributed by atoms with Crippen molar-refractivity contribution in [2.75, 3.05) is 0 Å². The van der Waals surface area contributed by atoms with Crippen LogP contribution in [0.25, 0.3) is 0 Å². The largest absolute Gasteiger partial charge is 0.507 e. The highest BCUT2D eigenvalue weighted by Crippen LogP contribution is 2.45. The van der Waals surface area contributed by atoms with E-state index >= 15 is 0 Å². The van der Waals surface area contributed by atoms with Crippen LogP contribution in [0, 0.1) is 5.41 Å². The Morgan fingerprint density at radius 3 is 1.89 bits per heavy atom. The van der Waals surface area contributed by atoms with Crippen molar-refractivity contribution in [3.8, 4) is 0 Å². The molecule has 0 atom stereocenters. The monoisotopic (exact) mass is 406 g/mol. The van der Waals surface area contributed by atoms with E-state index in [1.54, 1.807) is 11.3 Å². The summed E-state index contributed by atoms with van der Waals surface area (Å²) in [6, 6.07) is 0. The van der Waals surface area contributed by atoms with Crippen LogP contribution in [0.4, 0.5) is 11.4 Å². The zero-order valence-electron chi connectivity index (χ0n) is 17.5. The van der Waals surface area contributed by atoms with Crippen LogP contribution < -0.4 is 9.55 Å². The maximum atomic E-state index is 6.58. The van der Waals surface area contributed by atoms with E-state index in [9.17, 15) is 0 Å². The van der Waals surface area contributed by atoms with E-state index in [2.05, 4.69) is 64.1 Å². The van der Waals surface area contributed by atoms with E-state index in [0.717, 1.165) is 33.7 Å². The Bertz CT molecular complexity index is 841. The summed E-state index contributed by atoms with van der Waals surface area (Å²) in [4.78, 5) is 0. The SMILES string of the molecule is CC1(C)CCB(c2sc(B3OC(C)(C)C(C)(C)O3)c3c2N=S=N3)OC1(C)C. The van der Waals surface area contributed by atoms with Gasteiger partial charge in [-0.15, -0.1) is 0 Å². The molecule has 4 heterocycles. The Labute approximate surface area is 170 Å². The molecule has 0 spiro atoms. The molecule has 4 rings (SSSR count). The number of rotatable bonds is 2. The van der Waals surface area contributed by atoms with Gasteiger partial charge in [0.2, 0.25) is 0 Å². The Hall–Kier alpha value is -0.470. The average Bonchev–Trinajstić information content (AvgIpc) is 3.15. The molecule has 2 fully saturated rings. The number of nitrogens with zero attached hydrogens (tertiary/aromatic N) is 2. The molecule has 0 unspecified atom stereocenters. The molecule has 9 heteroatoms. The second-order valence-corrected chi connectivity index (χ2v) is 11.5. The molecule has 0 bridgehead atoms. The minimum absolute atomic E-state index is 0.0422. The van der Waals surface area contributed by atoms with Gasteiger partial charge in [-0.1, -0.05) is 13.8 Å². The van der Waals surface area contributed by atoms with Crippen LogP contribution in [0.1, 0.15) is 61.8 Å². The van der Waals surface area contributed by atoms with Crippen molar-refractivity contribution in [1.82, 2.24) is 0 Å². The third-order valence-corrected chi connectivity index (χ3v) is 8.84. The topological polar surface area (TPSA) is 52.4 Å². The summed E-state index contributed by atoms with van der Waals surface area (Å²) in [7, 11) is -0.409. The molecule has 27 heavy (non-hydrogen) atoms. The lowest BCUT2D eigenvalue weighted by molar-refractivity contribution is -0.0309. The molecular weight excluding hydrogens is 378 g/mol. The normalized spacial score (nSPS) is 27.0. The summed E-state index contributed by atoms with van der Waals surface area (Å²) >= 11 is 2.94. The van der Waals surface area contributed by atoms with Crippen molar-refractivity contribution < 1.29 is 14.0 Å². The zero-order valence-corrected chi connectivity index (χ0v) is 19.1. The molecule has 0 saturated carbocycles. The molecule has 0 N–H and O–H groups in total. The molecular formula is C18H28B2N2O3S2. The van der Waals surface area contributed by atoms with E-state index < -0.39 is 7.12 Å². The van der Waals surface area contributed by atoms with Crippen molar-refractivity contribution in [3.05, 3.63) is 0 Å². The highest BCUT2D eigenvalue weighted by atomic mass is 32.1. The van der Waals surface area contributed by atoms with Crippen molar-refractivity contribution in [1.29, 1.82) is 0 Å². The quantitative estimate of drug-likeness (QED) is 0.703. The molecule has 2 saturated heterocycles. The summed E-state index contributed by atoms with van der Waals surface area (Å²) in [5.41, 5.74) is 1.07. The Balaban J connectivity index is 1.68. The number of thiophene rings is 1. The Morgan fingerprint density at radius 1 is 0.778 bits per heavy atom. The van der Waals surface area contributed by atoms with Gasteiger partial charge in [0.15, 0.2) is 0 Å². The van der Waals surface area contributed by atoms with Crippen LogP contribution in [0.2, 0.25) is 6.32 Å². The first-order chi connectivity index (χ1) is 12.3. The van der Waals surface area contributed by atoms with Gasteiger partial charge in [0.05, 0.1) is 32.9 Å². The Kier molecular flexibility index (Phi) is 4.42. The van der Waals surface area contributed by atoms with Gasteiger partial charge >= 0.3 is 14.0 Å². The van der Waals surface area contributed by atoms with Crippen LogP contribution >= 0.6 is 11.3 Å². The van der Waals surface area contributed by atoms with Crippen LogP contribution in [0.5, 0.6) is 0 Å². The minimum atomic E-state index is -0.409. The molecule has 0 radical (unpaired) electrons. The number of fused-ring (bicyclic) bond motifs is 1. The first-order valence-electron chi connectivity index (χ1n) is 9.63. The van der Waals surface area contributed by atoms with Gasteiger partial charge < -0.3 is 14.0 Å². The van der Waals surface area contributed by atoms with Gasteiger partial charge in [0, 0.05) is 4.78 Å². The standard InChI is InChI=1S/C18H28B2N2O3S2/c1-15(2)9-10-19(23-16(15,3)4)13-11-12(22-27-21-11)14(26-13)20-24-17(5,6)18(7,8)25-20/h9-10H2,1-8H3. The van der Waals surface area contributed by atoms with E-state index in [1.165, 1.54) is 11.4 Å². The van der Waals surface area contributed by atoms with Crippen molar-refractivity contribution in [3.63, 3.8) is 0 Å². The van der Waals surface area contributed by atoms with Gasteiger partial charge in [-0.3, -0.25) is 0 Å². The maximum absolute atomic E-state index is 6.58. The first-order valence-corrected chi connectivity index (χ1v) is 11.2. The first kappa shape index (κ1) is 19.8. The van der Waals surface area contributed by atoms with Gasteiger partial charge in [-0.05, 0) is 59.7 Å². The van der Waals surface area contributed by atoms with E-state index in [-0.39, 0.29) is 29.1 Å². The lowest BCUT2D eigenvalue weighted by Gasteiger charge is -2.48. The third kappa shape index (κ3) is 3.01. The van der Waals surface area contributed by atoms with Crippen LogP contribution in [0.15, 0.2) is 8.73 Å². The summed E-state index contributed by atoms with van der Waals surface area (Å²) in [5, 5.41) is 0. The molecule has 0 aromatic carbocycles. The van der Waals surface area contributed by atoms with Crippen LogP contribution in [0.3, 0.4) is 0 Å². The summed E-state index contributed by atoms with van der Waals surface area (Å²) < 4.78 is 30.5. The van der Waals surface area contributed by atoms with E-state index in [4.69, 9.17) is 14.0 Å². The highest BCUT2D eigenvalue weighted by molar-refractivity contribution is 7.58. The summed E-state index contributed by atoms with van der Waals surface area (Å²) in [5.74, 6) is 0. The average molecular weight is 406 g/mol. The lowest BCUT2D eigenvalue weighted by atomic mass is 9.53. The number of hydrogen-bond acceptors (Lipinski definition) is 6. The maximum Gasteiger partial charge on any atom is 0.507 e. The molecule has 0 amide bonds. The van der Waals surface area contributed by atoms with E-state index in [1.807, 2.05) is 0 Å². The lowest BCUT2D eigenvalue weighted by Crippen LogP contribution is -2.53. The fourth-order valence-corrected chi connectivity index (χ4v) is 5.50. The minimum Gasteiger partial charge on any atom is -0.425 e. The third-order valence-electron chi connectivity index (χ3n) is 7.03. The Morgan fingerprint density at radius 2 is 1.33 bits per heavy atom.